The molecule has 1 aliphatic rings. The molecule has 1 aromatic heterocycles. The Morgan fingerprint density at radius 3 is 2.67 bits per heavy atom. The Bertz CT molecular complexity index is 775. The molecule has 0 saturated heterocycles. The number of benzene rings is 1. The second-order valence-corrected chi connectivity index (χ2v) is 6.37. The third-order valence-electron chi connectivity index (χ3n) is 4.31. The highest BCUT2D eigenvalue weighted by Gasteiger charge is 2.12. The van der Waals surface area contributed by atoms with Crippen molar-refractivity contribution in [3.05, 3.63) is 41.2 Å². The molecule has 3 rings (SSSR count). The van der Waals surface area contributed by atoms with E-state index in [2.05, 4.69) is 39.8 Å². The molecular weight excluding hydrogens is 457 g/mol. The van der Waals surface area contributed by atoms with Crippen molar-refractivity contribution < 1.29 is 9.47 Å². The minimum absolute atomic E-state index is 0. The van der Waals surface area contributed by atoms with Crippen molar-refractivity contribution in [2.45, 2.75) is 33.2 Å². The number of hydrogen-bond acceptors (Lipinski definition) is 4. The number of nitrogens with zero attached hydrogens (tertiary/aromatic N) is 3. The van der Waals surface area contributed by atoms with Gasteiger partial charge in [-0.05, 0) is 50.5 Å². The van der Waals surface area contributed by atoms with E-state index in [0.29, 0.717) is 6.79 Å². The van der Waals surface area contributed by atoms with Crippen LogP contribution in [0.1, 0.15) is 23.4 Å². The normalized spacial score (nSPS) is 12.6. The summed E-state index contributed by atoms with van der Waals surface area (Å²) in [5, 5.41) is 11.2. The number of aryl methyl sites for hydroxylation is 3. The van der Waals surface area contributed by atoms with Crippen molar-refractivity contribution in [3.8, 4) is 11.5 Å². The summed E-state index contributed by atoms with van der Waals surface area (Å²) in [6.07, 6.45) is 1.88. The first-order valence-electron chi connectivity index (χ1n) is 9.00. The molecule has 0 radical (unpaired) electrons. The molecule has 0 aliphatic carbocycles. The standard InChI is InChI=1S/C19H27N5O2.HI/c1-14-11-15(2)24(23-14)10-4-8-21-19(20-3)22-9-7-16-5-6-17-18(12-16)26-13-25-17;/h5-6,11-12H,4,7-10,13H2,1-3H3,(H2,20,21,22);1H. The highest BCUT2D eigenvalue weighted by atomic mass is 127. The minimum Gasteiger partial charge on any atom is -0.454 e. The van der Waals surface area contributed by atoms with Crippen molar-refractivity contribution in [2.24, 2.45) is 4.99 Å². The van der Waals surface area contributed by atoms with Gasteiger partial charge in [-0.1, -0.05) is 6.07 Å². The van der Waals surface area contributed by atoms with E-state index >= 15 is 0 Å². The summed E-state index contributed by atoms with van der Waals surface area (Å²) in [6.45, 7) is 6.97. The van der Waals surface area contributed by atoms with Crippen LogP contribution in [0.5, 0.6) is 11.5 Å². The molecule has 0 unspecified atom stereocenters. The number of fused-ring (bicyclic) bond motifs is 1. The lowest BCUT2D eigenvalue weighted by atomic mass is 10.1. The van der Waals surface area contributed by atoms with Gasteiger partial charge in [0.1, 0.15) is 0 Å². The first kappa shape index (κ1) is 21.3. The molecule has 2 aromatic rings. The molecule has 7 nitrogen and oxygen atoms in total. The summed E-state index contributed by atoms with van der Waals surface area (Å²) in [4.78, 5) is 4.27. The molecule has 0 fully saturated rings. The van der Waals surface area contributed by atoms with E-state index in [9.17, 15) is 0 Å². The van der Waals surface area contributed by atoms with Crippen molar-refractivity contribution in [3.63, 3.8) is 0 Å². The average Bonchev–Trinajstić information content (AvgIpc) is 3.22. The van der Waals surface area contributed by atoms with E-state index in [4.69, 9.17) is 9.47 Å². The average molecular weight is 485 g/mol. The molecule has 27 heavy (non-hydrogen) atoms. The van der Waals surface area contributed by atoms with Crippen LogP contribution in [-0.2, 0) is 13.0 Å². The first-order chi connectivity index (χ1) is 12.7. The van der Waals surface area contributed by atoms with Gasteiger partial charge in [-0.15, -0.1) is 24.0 Å². The molecule has 2 heterocycles. The topological polar surface area (TPSA) is 72.7 Å². The van der Waals surface area contributed by atoms with Crippen LogP contribution in [-0.4, -0.2) is 42.7 Å². The molecule has 1 aromatic carbocycles. The Balaban J connectivity index is 0.00000261. The third-order valence-corrected chi connectivity index (χ3v) is 4.31. The Labute approximate surface area is 177 Å². The largest absolute Gasteiger partial charge is 0.454 e. The zero-order valence-electron chi connectivity index (χ0n) is 16.1. The Hall–Kier alpha value is -1.97. The highest BCUT2D eigenvalue weighted by molar-refractivity contribution is 14.0. The molecule has 8 heteroatoms. The van der Waals surface area contributed by atoms with Crippen LogP contribution in [0.3, 0.4) is 0 Å². The lowest BCUT2D eigenvalue weighted by molar-refractivity contribution is 0.174. The summed E-state index contributed by atoms with van der Waals surface area (Å²) in [5.41, 5.74) is 3.48. The minimum atomic E-state index is 0. The number of nitrogens with one attached hydrogen (secondary N) is 2. The maximum atomic E-state index is 5.41. The second kappa shape index (κ2) is 10.4. The zero-order valence-corrected chi connectivity index (χ0v) is 18.4. The maximum Gasteiger partial charge on any atom is 0.231 e. The first-order valence-corrected chi connectivity index (χ1v) is 9.00. The lowest BCUT2D eigenvalue weighted by Gasteiger charge is -2.12. The van der Waals surface area contributed by atoms with Crippen molar-refractivity contribution in [1.29, 1.82) is 0 Å². The number of aromatic nitrogens is 2. The molecule has 0 amide bonds. The molecular formula is C19H28IN5O2. The van der Waals surface area contributed by atoms with Crippen LogP contribution in [0.15, 0.2) is 29.3 Å². The number of rotatable bonds is 7. The van der Waals surface area contributed by atoms with Crippen LogP contribution < -0.4 is 20.1 Å². The number of hydrogen-bond donors (Lipinski definition) is 2. The van der Waals surface area contributed by atoms with Crippen LogP contribution in [0, 0.1) is 13.8 Å². The summed E-state index contributed by atoms with van der Waals surface area (Å²) >= 11 is 0. The van der Waals surface area contributed by atoms with Crippen molar-refractivity contribution >= 4 is 29.9 Å². The number of halogens is 1. The Morgan fingerprint density at radius 1 is 1.15 bits per heavy atom. The van der Waals surface area contributed by atoms with Gasteiger partial charge in [-0.2, -0.15) is 5.10 Å². The van der Waals surface area contributed by atoms with E-state index in [-0.39, 0.29) is 24.0 Å². The summed E-state index contributed by atoms with van der Waals surface area (Å²) < 4.78 is 12.8. The molecule has 0 saturated carbocycles. The molecule has 0 atom stereocenters. The van der Waals surface area contributed by atoms with E-state index in [0.717, 1.165) is 55.6 Å². The van der Waals surface area contributed by atoms with Crippen molar-refractivity contribution in [2.75, 3.05) is 26.9 Å². The number of aliphatic imine (C=N–C) groups is 1. The van der Waals surface area contributed by atoms with Gasteiger partial charge < -0.3 is 20.1 Å². The maximum absolute atomic E-state index is 5.41. The predicted molar refractivity (Wildman–Crippen MR) is 117 cm³/mol. The van der Waals surface area contributed by atoms with E-state index in [1.165, 1.54) is 11.3 Å². The molecule has 2 N–H and O–H groups in total. The lowest BCUT2D eigenvalue weighted by Crippen LogP contribution is -2.39. The Morgan fingerprint density at radius 2 is 1.93 bits per heavy atom. The van der Waals surface area contributed by atoms with Crippen LogP contribution in [0.25, 0.3) is 0 Å². The Kier molecular flexibility index (Phi) is 8.21. The fraction of sp³-hybridized carbons (Fsp3) is 0.474. The van der Waals surface area contributed by atoms with Gasteiger partial charge in [-0.25, -0.2) is 0 Å². The summed E-state index contributed by atoms with van der Waals surface area (Å²) in [7, 11) is 1.79. The third kappa shape index (κ3) is 6.02. The second-order valence-electron chi connectivity index (χ2n) is 6.37. The van der Waals surface area contributed by atoms with Gasteiger partial charge >= 0.3 is 0 Å². The summed E-state index contributed by atoms with van der Waals surface area (Å²) in [6, 6.07) is 8.17. The van der Waals surface area contributed by atoms with Crippen molar-refractivity contribution in [1.82, 2.24) is 20.4 Å². The molecule has 148 valence electrons. The van der Waals surface area contributed by atoms with Gasteiger partial charge in [0.25, 0.3) is 0 Å². The van der Waals surface area contributed by atoms with Gasteiger partial charge in [0.05, 0.1) is 5.69 Å². The smallest absolute Gasteiger partial charge is 0.231 e. The fourth-order valence-electron chi connectivity index (χ4n) is 2.98. The van der Waals surface area contributed by atoms with Crippen LogP contribution in [0.2, 0.25) is 0 Å². The molecule has 0 bridgehead atoms. The van der Waals surface area contributed by atoms with Crippen LogP contribution in [0.4, 0.5) is 0 Å². The van der Waals surface area contributed by atoms with E-state index < -0.39 is 0 Å². The zero-order chi connectivity index (χ0) is 18.4. The van der Waals surface area contributed by atoms with Gasteiger partial charge in [0.2, 0.25) is 6.79 Å². The number of ether oxygens (including phenoxy) is 2. The SMILES string of the molecule is CN=C(NCCCn1nc(C)cc1C)NCCc1ccc2c(c1)OCO2.I. The quantitative estimate of drug-likeness (QED) is 0.273. The fourth-order valence-corrected chi connectivity index (χ4v) is 2.98. The summed E-state index contributed by atoms with van der Waals surface area (Å²) in [5.74, 6) is 2.47. The predicted octanol–water partition coefficient (Wildman–Crippen LogP) is 2.64. The molecule has 1 aliphatic heterocycles. The highest BCUT2D eigenvalue weighted by Crippen LogP contribution is 2.32. The monoisotopic (exact) mass is 485 g/mol. The van der Waals surface area contributed by atoms with Gasteiger partial charge in [-0.3, -0.25) is 9.67 Å². The number of guanidine groups is 1. The van der Waals surface area contributed by atoms with E-state index in [1.54, 1.807) is 7.05 Å². The van der Waals surface area contributed by atoms with Crippen LogP contribution >= 0.6 is 24.0 Å². The van der Waals surface area contributed by atoms with Gasteiger partial charge in [0, 0.05) is 32.4 Å². The van der Waals surface area contributed by atoms with Gasteiger partial charge in [0.15, 0.2) is 17.5 Å². The van der Waals surface area contributed by atoms with E-state index in [1.807, 2.05) is 23.7 Å². The molecule has 0 spiro atoms.